The summed E-state index contributed by atoms with van der Waals surface area (Å²) >= 11 is 2.42. The molecule has 204 valence electrons. The molecule has 0 bridgehead atoms. The molecule has 0 aliphatic heterocycles. The van der Waals surface area contributed by atoms with Crippen LogP contribution >= 0.6 is 22.6 Å². The van der Waals surface area contributed by atoms with Gasteiger partial charge in [0.1, 0.15) is 6.61 Å². The SMILES string of the molecule is CCCC(=O)OCCOCCOCCOCCOCCOCCOCCOCCCCCCI. The molecule has 0 fully saturated rings. The first-order chi connectivity index (χ1) is 16.8. The molecule has 10 heteroatoms. The van der Waals surface area contributed by atoms with Gasteiger partial charge in [-0.3, -0.25) is 4.79 Å². The van der Waals surface area contributed by atoms with Crippen LogP contribution in [0.3, 0.4) is 0 Å². The van der Waals surface area contributed by atoms with Crippen LogP contribution in [0, 0.1) is 0 Å². The number of esters is 1. The first-order valence-electron chi connectivity index (χ1n) is 12.6. The third-order valence-electron chi connectivity index (χ3n) is 4.35. The molecule has 0 atom stereocenters. The quantitative estimate of drug-likeness (QED) is 0.0550. The Morgan fingerprint density at radius 2 is 0.853 bits per heavy atom. The molecule has 0 N–H and O–H groups in total. The molecule has 0 aromatic carbocycles. The molecule has 0 saturated heterocycles. The van der Waals surface area contributed by atoms with Crippen molar-refractivity contribution in [2.75, 3.05) is 104 Å². The fourth-order valence-corrected chi connectivity index (χ4v) is 3.10. The zero-order chi connectivity index (χ0) is 24.8. The highest BCUT2D eigenvalue weighted by Crippen LogP contribution is 2.02. The lowest BCUT2D eigenvalue weighted by Gasteiger charge is -2.08. The first kappa shape index (κ1) is 33.9. The Balaban J connectivity index is 3.03. The van der Waals surface area contributed by atoms with Gasteiger partial charge in [0.15, 0.2) is 0 Å². The number of hydrogen-bond acceptors (Lipinski definition) is 9. The van der Waals surface area contributed by atoms with E-state index in [1.54, 1.807) is 0 Å². The van der Waals surface area contributed by atoms with Gasteiger partial charge in [-0.15, -0.1) is 0 Å². The standard InChI is InChI=1S/C24H47IO9/c1-2-7-24(26)34-23-22-33-21-20-32-19-18-31-17-16-30-15-14-29-13-12-28-11-10-27-9-6-4-3-5-8-25/h2-23H2,1H3. The fourth-order valence-electron chi connectivity index (χ4n) is 2.56. The summed E-state index contributed by atoms with van der Waals surface area (Å²) < 4.78 is 44.3. The van der Waals surface area contributed by atoms with E-state index in [1.165, 1.54) is 23.7 Å². The summed E-state index contributed by atoms with van der Waals surface area (Å²) in [5, 5.41) is 0. The van der Waals surface area contributed by atoms with Gasteiger partial charge in [-0.1, -0.05) is 42.4 Å². The zero-order valence-corrected chi connectivity index (χ0v) is 23.3. The van der Waals surface area contributed by atoms with E-state index in [4.69, 9.17) is 37.9 Å². The van der Waals surface area contributed by atoms with Gasteiger partial charge < -0.3 is 37.9 Å². The van der Waals surface area contributed by atoms with Crippen molar-refractivity contribution >= 4 is 28.6 Å². The van der Waals surface area contributed by atoms with E-state index in [1.807, 2.05) is 6.92 Å². The first-order valence-corrected chi connectivity index (χ1v) is 14.1. The van der Waals surface area contributed by atoms with Gasteiger partial charge in [-0.05, 0) is 23.7 Å². The van der Waals surface area contributed by atoms with Crippen LogP contribution in [0.4, 0.5) is 0 Å². The van der Waals surface area contributed by atoms with Crippen molar-refractivity contribution in [2.24, 2.45) is 0 Å². The highest BCUT2D eigenvalue weighted by atomic mass is 127. The van der Waals surface area contributed by atoms with Crippen LogP contribution in [-0.4, -0.2) is 110 Å². The summed E-state index contributed by atoms with van der Waals surface area (Å²) in [7, 11) is 0. The van der Waals surface area contributed by atoms with Crippen molar-refractivity contribution in [1.29, 1.82) is 0 Å². The van der Waals surface area contributed by atoms with E-state index in [0.29, 0.717) is 92.3 Å². The van der Waals surface area contributed by atoms with Crippen LogP contribution in [0.15, 0.2) is 0 Å². The van der Waals surface area contributed by atoms with E-state index < -0.39 is 0 Å². The monoisotopic (exact) mass is 606 g/mol. The second-order valence-corrected chi connectivity index (χ2v) is 8.44. The summed E-state index contributed by atoms with van der Waals surface area (Å²) in [6.45, 7) is 9.89. The van der Waals surface area contributed by atoms with Crippen LogP contribution in [0.2, 0.25) is 0 Å². The van der Waals surface area contributed by atoms with E-state index in [0.717, 1.165) is 19.4 Å². The topological polar surface area (TPSA) is 90.9 Å². The molecule has 0 heterocycles. The van der Waals surface area contributed by atoms with Gasteiger partial charge in [0.25, 0.3) is 0 Å². The minimum absolute atomic E-state index is 0.180. The van der Waals surface area contributed by atoms with Crippen molar-refractivity contribution in [1.82, 2.24) is 0 Å². The molecule has 0 aliphatic carbocycles. The normalized spacial score (nSPS) is 11.2. The Morgan fingerprint density at radius 3 is 1.24 bits per heavy atom. The van der Waals surface area contributed by atoms with Crippen molar-refractivity contribution in [2.45, 2.75) is 45.4 Å². The number of halogens is 1. The van der Waals surface area contributed by atoms with E-state index in [2.05, 4.69) is 22.6 Å². The Kier molecular flexibility index (Phi) is 30.9. The molecule has 0 amide bonds. The number of unbranched alkanes of at least 4 members (excludes halogenated alkanes) is 3. The number of rotatable bonds is 29. The minimum Gasteiger partial charge on any atom is -0.463 e. The van der Waals surface area contributed by atoms with Crippen molar-refractivity contribution in [3.8, 4) is 0 Å². The third-order valence-corrected chi connectivity index (χ3v) is 5.11. The molecule has 34 heavy (non-hydrogen) atoms. The predicted octanol–water partition coefficient (Wildman–Crippen LogP) is 3.44. The number of alkyl halides is 1. The highest BCUT2D eigenvalue weighted by molar-refractivity contribution is 14.1. The second-order valence-electron chi connectivity index (χ2n) is 7.36. The maximum Gasteiger partial charge on any atom is 0.305 e. The molecule has 0 radical (unpaired) electrons. The fraction of sp³-hybridized carbons (Fsp3) is 0.958. The third kappa shape index (κ3) is 30.0. The molecule has 0 aliphatic rings. The summed E-state index contributed by atoms with van der Waals surface area (Å²) in [5.41, 5.74) is 0. The molecule has 0 aromatic rings. The molecular formula is C24H47IO9. The van der Waals surface area contributed by atoms with Crippen LogP contribution in [-0.2, 0) is 42.7 Å². The number of carbonyl (C=O) groups excluding carboxylic acids is 1. The number of hydrogen-bond donors (Lipinski definition) is 0. The molecule has 0 aromatic heterocycles. The Morgan fingerprint density at radius 1 is 0.500 bits per heavy atom. The largest absolute Gasteiger partial charge is 0.463 e. The number of ether oxygens (including phenoxy) is 8. The average Bonchev–Trinajstić information content (AvgIpc) is 2.83. The van der Waals surface area contributed by atoms with Gasteiger partial charge >= 0.3 is 5.97 Å². The zero-order valence-electron chi connectivity index (χ0n) is 21.1. The lowest BCUT2D eigenvalue weighted by Crippen LogP contribution is -2.15. The lowest BCUT2D eigenvalue weighted by atomic mass is 10.2. The maximum atomic E-state index is 11.1. The summed E-state index contributed by atoms with van der Waals surface area (Å²) in [6.07, 6.45) is 6.23. The van der Waals surface area contributed by atoms with Crippen molar-refractivity contribution in [3.63, 3.8) is 0 Å². The molecule has 9 nitrogen and oxygen atoms in total. The van der Waals surface area contributed by atoms with Gasteiger partial charge in [-0.2, -0.15) is 0 Å². The predicted molar refractivity (Wildman–Crippen MR) is 139 cm³/mol. The minimum atomic E-state index is -0.180. The van der Waals surface area contributed by atoms with Gasteiger partial charge in [0.2, 0.25) is 0 Å². The highest BCUT2D eigenvalue weighted by Gasteiger charge is 2.00. The molecular weight excluding hydrogens is 559 g/mol. The van der Waals surface area contributed by atoms with Crippen LogP contribution in [0.25, 0.3) is 0 Å². The van der Waals surface area contributed by atoms with Crippen LogP contribution in [0.1, 0.15) is 45.4 Å². The van der Waals surface area contributed by atoms with Gasteiger partial charge in [-0.25, -0.2) is 0 Å². The second kappa shape index (κ2) is 31.0. The van der Waals surface area contributed by atoms with Crippen LogP contribution < -0.4 is 0 Å². The number of carbonyl (C=O) groups is 1. The molecule has 0 rings (SSSR count). The summed E-state index contributed by atoms with van der Waals surface area (Å²) in [4.78, 5) is 11.1. The molecule has 0 saturated carbocycles. The van der Waals surface area contributed by atoms with Gasteiger partial charge in [0.05, 0.1) is 85.9 Å². The van der Waals surface area contributed by atoms with Crippen molar-refractivity contribution in [3.05, 3.63) is 0 Å². The lowest BCUT2D eigenvalue weighted by molar-refractivity contribution is -0.145. The van der Waals surface area contributed by atoms with E-state index in [9.17, 15) is 4.79 Å². The van der Waals surface area contributed by atoms with E-state index in [-0.39, 0.29) is 12.6 Å². The Labute approximate surface area is 219 Å². The molecule has 0 spiro atoms. The Hall–Kier alpha value is -0.0800. The Bertz CT molecular complexity index is 403. The average molecular weight is 607 g/mol. The maximum absolute atomic E-state index is 11.1. The van der Waals surface area contributed by atoms with Crippen molar-refractivity contribution < 1.29 is 42.7 Å². The molecule has 0 unspecified atom stereocenters. The van der Waals surface area contributed by atoms with Gasteiger partial charge in [0, 0.05) is 13.0 Å². The summed E-state index contributed by atoms with van der Waals surface area (Å²) in [5.74, 6) is -0.180. The smallest absolute Gasteiger partial charge is 0.305 e. The summed E-state index contributed by atoms with van der Waals surface area (Å²) in [6, 6.07) is 0. The van der Waals surface area contributed by atoms with E-state index >= 15 is 0 Å². The van der Waals surface area contributed by atoms with Crippen LogP contribution in [0.5, 0.6) is 0 Å².